The molecule has 172 valence electrons. The van der Waals surface area contributed by atoms with Gasteiger partial charge in [0, 0.05) is 29.7 Å². The second-order valence-corrected chi connectivity index (χ2v) is 9.29. The lowest BCUT2D eigenvalue weighted by atomic mass is 9.78. The highest BCUT2D eigenvalue weighted by Crippen LogP contribution is 2.39. The van der Waals surface area contributed by atoms with Gasteiger partial charge in [-0.3, -0.25) is 9.47 Å². The van der Waals surface area contributed by atoms with E-state index in [1.54, 1.807) is 6.07 Å². The fraction of sp³-hybridized carbons (Fsp3) is 0.308. The Morgan fingerprint density at radius 2 is 1.91 bits per heavy atom. The summed E-state index contributed by atoms with van der Waals surface area (Å²) in [6.07, 6.45) is 3.25. The second-order valence-electron chi connectivity index (χ2n) is 9.29. The number of fused-ring (bicyclic) bond motifs is 4. The van der Waals surface area contributed by atoms with Crippen LogP contribution in [-0.2, 0) is 13.0 Å². The third kappa shape index (κ3) is 3.59. The van der Waals surface area contributed by atoms with E-state index in [4.69, 9.17) is 9.97 Å². The summed E-state index contributed by atoms with van der Waals surface area (Å²) < 4.78 is 2.03. The van der Waals surface area contributed by atoms with Crippen LogP contribution in [0.3, 0.4) is 0 Å². The Morgan fingerprint density at radius 3 is 2.74 bits per heavy atom. The molecule has 1 unspecified atom stereocenters. The van der Waals surface area contributed by atoms with Crippen LogP contribution in [0.2, 0.25) is 0 Å². The molecule has 0 bridgehead atoms. The first-order valence-corrected chi connectivity index (χ1v) is 12.0. The van der Waals surface area contributed by atoms with Crippen molar-refractivity contribution in [2.45, 2.75) is 38.8 Å². The van der Waals surface area contributed by atoms with E-state index in [9.17, 15) is 10.0 Å². The highest BCUT2D eigenvalue weighted by Gasteiger charge is 2.35. The normalized spacial score (nSPS) is 17.6. The molecule has 8 heteroatoms. The predicted molar refractivity (Wildman–Crippen MR) is 134 cm³/mol. The van der Waals surface area contributed by atoms with Crippen molar-refractivity contribution in [1.29, 1.82) is 0 Å². The summed E-state index contributed by atoms with van der Waals surface area (Å²) >= 11 is 0. The maximum Gasteiger partial charge on any atom is 0.489 e. The number of aryl methyl sites for hydroxylation is 1. The van der Waals surface area contributed by atoms with Gasteiger partial charge in [0.25, 0.3) is 0 Å². The molecule has 1 saturated heterocycles. The summed E-state index contributed by atoms with van der Waals surface area (Å²) in [6.45, 7) is 4.88. The lowest BCUT2D eigenvalue weighted by Crippen LogP contribution is -2.33. The Kier molecular flexibility index (Phi) is 5.36. The number of aromatic nitrogens is 3. The molecular formula is C26H28BN5O2. The monoisotopic (exact) mass is 453 g/mol. The van der Waals surface area contributed by atoms with Gasteiger partial charge >= 0.3 is 7.12 Å². The van der Waals surface area contributed by atoms with Gasteiger partial charge < -0.3 is 15.4 Å². The topological polar surface area (TPSA) is 86.4 Å². The summed E-state index contributed by atoms with van der Waals surface area (Å²) in [5.41, 5.74) is 5.88. The first kappa shape index (κ1) is 21.3. The fourth-order valence-corrected chi connectivity index (χ4v) is 5.57. The number of rotatable bonds is 5. The van der Waals surface area contributed by atoms with E-state index in [1.807, 2.05) is 35.8 Å². The average Bonchev–Trinajstić information content (AvgIpc) is 3.46. The molecule has 2 aromatic carbocycles. The molecule has 2 aliphatic heterocycles. The van der Waals surface area contributed by atoms with Crippen molar-refractivity contribution < 1.29 is 10.0 Å². The highest BCUT2D eigenvalue weighted by atomic mass is 16.4. The summed E-state index contributed by atoms with van der Waals surface area (Å²) in [5, 5.41) is 24.2. The largest absolute Gasteiger partial charge is 0.489 e. The van der Waals surface area contributed by atoms with Gasteiger partial charge in [-0.25, -0.2) is 4.98 Å². The van der Waals surface area contributed by atoms with E-state index < -0.39 is 7.12 Å². The molecule has 34 heavy (non-hydrogen) atoms. The van der Waals surface area contributed by atoms with Crippen LogP contribution < -0.4 is 10.8 Å². The van der Waals surface area contributed by atoms with Crippen LogP contribution >= 0.6 is 0 Å². The molecular weight excluding hydrogens is 425 g/mol. The summed E-state index contributed by atoms with van der Waals surface area (Å²) in [6, 6.07) is 18.2. The average molecular weight is 453 g/mol. The quantitative estimate of drug-likeness (QED) is 0.403. The lowest BCUT2D eigenvalue weighted by molar-refractivity contribution is 0.238. The van der Waals surface area contributed by atoms with E-state index in [0.717, 1.165) is 54.0 Å². The van der Waals surface area contributed by atoms with Crippen molar-refractivity contribution in [3.63, 3.8) is 0 Å². The van der Waals surface area contributed by atoms with Crippen LogP contribution in [0.25, 0.3) is 16.9 Å². The number of benzene rings is 2. The second kappa shape index (κ2) is 8.54. The van der Waals surface area contributed by atoms with Crippen molar-refractivity contribution in [2.75, 3.05) is 18.4 Å². The molecule has 0 radical (unpaired) electrons. The van der Waals surface area contributed by atoms with Gasteiger partial charge in [0.15, 0.2) is 0 Å². The SMILES string of the molecule is Cc1cc2c(B(O)O)cccc2n1-c1nc(NCc2ccccc2)c2c(n1)C1CCCN1CC2. The highest BCUT2D eigenvalue weighted by molar-refractivity contribution is 6.61. The number of hydrogen-bond acceptors (Lipinski definition) is 6. The van der Waals surface area contributed by atoms with Gasteiger partial charge in [-0.2, -0.15) is 4.98 Å². The standard InChI is InChI=1S/C26H28BN5O2/c1-17-15-20-21(27(33)34)9-5-10-22(20)32(17)26-29-24-19(12-14-31-13-6-11-23(24)31)25(30-26)28-16-18-7-3-2-4-8-18/h2-5,7-10,15,23,33-34H,6,11-14,16H2,1H3,(H,28,29,30). The Hall–Kier alpha value is -3.20. The van der Waals surface area contributed by atoms with Gasteiger partial charge in [-0.05, 0) is 55.9 Å². The third-order valence-corrected chi connectivity index (χ3v) is 7.20. The van der Waals surface area contributed by atoms with E-state index in [-0.39, 0.29) is 0 Å². The minimum Gasteiger partial charge on any atom is -0.423 e. The molecule has 2 aliphatic rings. The molecule has 3 N–H and O–H groups in total. The van der Waals surface area contributed by atoms with E-state index in [1.165, 1.54) is 17.5 Å². The number of hydrogen-bond donors (Lipinski definition) is 3. The molecule has 0 spiro atoms. The summed E-state index contributed by atoms with van der Waals surface area (Å²) in [5.74, 6) is 1.52. The van der Waals surface area contributed by atoms with Crippen molar-refractivity contribution in [3.05, 3.63) is 77.1 Å². The molecule has 2 aromatic heterocycles. The Labute approximate surface area is 199 Å². The number of nitrogens with zero attached hydrogens (tertiary/aromatic N) is 4. The fourth-order valence-electron chi connectivity index (χ4n) is 5.57. The minimum atomic E-state index is -1.53. The molecule has 1 fully saturated rings. The Morgan fingerprint density at radius 1 is 1.06 bits per heavy atom. The molecule has 1 atom stereocenters. The molecule has 0 saturated carbocycles. The van der Waals surface area contributed by atoms with E-state index in [0.29, 0.717) is 24.0 Å². The van der Waals surface area contributed by atoms with Crippen molar-refractivity contribution >= 4 is 29.3 Å². The molecule has 0 aliphatic carbocycles. The zero-order valence-electron chi connectivity index (χ0n) is 19.3. The smallest absolute Gasteiger partial charge is 0.423 e. The van der Waals surface area contributed by atoms with Crippen molar-refractivity contribution in [3.8, 4) is 5.95 Å². The molecule has 4 heterocycles. The van der Waals surface area contributed by atoms with Gasteiger partial charge in [0.1, 0.15) is 5.82 Å². The lowest BCUT2D eigenvalue weighted by Gasteiger charge is -2.32. The third-order valence-electron chi connectivity index (χ3n) is 7.20. The maximum atomic E-state index is 9.88. The predicted octanol–water partition coefficient (Wildman–Crippen LogP) is 2.71. The van der Waals surface area contributed by atoms with Gasteiger partial charge in [-0.1, -0.05) is 42.5 Å². The Balaban J connectivity index is 1.50. The molecule has 7 nitrogen and oxygen atoms in total. The van der Waals surface area contributed by atoms with E-state index in [2.05, 4.69) is 34.5 Å². The van der Waals surface area contributed by atoms with Gasteiger partial charge in [0.2, 0.25) is 5.95 Å². The van der Waals surface area contributed by atoms with Crippen molar-refractivity contribution in [1.82, 2.24) is 19.4 Å². The molecule has 4 aromatic rings. The van der Waals surface area contributed by atoms with E-state index >= 15 is 0 Å². The first-order valence-electron chi connectivity index (χ1n) is 12.0. The molecule has 6 rings (SSSR count). The zero-order chi connectivity index (χ0) is 23.2. The maximum absolute atomic E-state index is 9.88. The van der Waals surface area contributed by atoms with Crippen LogP contribution in [-0.4, -0.2) is 49.7 Å². The molecule has 0 amide bonds. The van der Waals surface area contributed by atoms with Crippen LogP contribution in [0.1, 0.15) is 41.4 Å². The zero-order valence-corrected chi connectivity index (χ0v) is 19.3. The van der Waals surface area contributed by atoms with Crippen LogP contribution in [0.15, 0.2) is 54.6 Å². The number of anilines is 1. The van der Waals surface area contributed by atoms with Crippen LogP contribution in [0, 0.1) is 6.92 Å². The Bertz CT molecular complexity index is 1350. The number of nitrogens with one attached hydrogen (secondary N) is 1. The summed E-state index contributed by atoms with van der Waals surface area (Å²) in [7, 11) is -1.53. The summed E-state index contributed by atoms with van der Waals surface area (Å²) in [4.78, 5) is 12.7. The van der Waals surface area contributed by atoms with Gasteiger partial charge in [-0.15, -0.1) is 0 Å². The van der Waals surface area contributed by atoms with Crippen LogP contribution in [0.4, 0.5) is 5.82 Å². The minimum absolute atomic E-state index is 0.333. The van der Waals surface area contributed by atoms with Gasteiger partial charge in [0.05, 0.1) is 17.3 Å². The van der Waals surface area contributed by atoms with Crippen LogP contribution in [0.5, 0.6) is 0 Å². The van der Waals surface area contributed by atoms with Crippen molar-refractivity contribution in [2.24, 2.45) is 0 Å². The first-order chi connectivity index (χ1) is 16.6.